The topological polar surface area (TPSA) is 76.1 Å². The van der Waals surface area contributed by atoms with Crippen LogP contribution < -0.4 is 15.4 Å². The highest BCUT2D eigenvalue weighted by Crippen LogP contribution is 2.33. The summed E-state index contributed by atoms with van der Waals surface area (Å²) in [7, 11) is 1.64. The molecule has 2 aromatic rings. The van der Waals surface area contributed by atoms with Gasteiger partial charge in [0.2, 0.25) is 11.0 Å². The first-order chi connectivity index (χ1) is 11.5. The van der Waals surface area contributed by atoms with Gasteiger partial charge in [0.1, 0.15) is 5.75 Å². The Morgan fingerprint density at radius 2 is 2.21 bits per heavy atom. The van der Waals surface area contributed by atoms with Crippen molar-refractivity contribution in [2.24, 2.45) is 0 Å². The van der Waals surface area contributed by atoms with Crippen LogP contribution in [0.4, 0.5) is 10.8 Å². The molecule has 1 amide bonds. The van der Waals surface area contributed by atoms with Gasteiger partial charge in [-0.1, -0.05) is 29.2 Å². The fraction of sp³-hybridized carbons (Fsp3) is 0.438. The molecule has 24 heavy (non-hydrogen) atoms. The van der Waals surface area contributed by atoms with E-state index in [-0.39, 0.29) is 11.2 Å². The van der Waals surface area contributed by atoms with Crippen molar-refractivity contribution in [2.45, 2.75) is 42.3 Å². The van der Waals surface area contributed by atoms with Gasteiger partial charge >= 0.3 is 0 Å². The summed E-state index contributed by atoms with van der Waals surface area (Å²) in [5.74, 6) is 0.815. The smallest absolute Gasteiger partial charge is 0.233 e. The normalized spacial score (nSPS) is 15.0. The molecular weight excluding hydrogens is 344 g/mol. The van der Waals surface area contributed by atoms with E-state index >= 15 is 0 Å². The summed E-state index contributed by atoms with van der Waals surface area (Å²) in [4.78, 5) is 12.0. The first-order valence-electron chi connectivity index (χ1n) is 7.77. The van der Waals surface area contributed by atoms with Crippen LogP contribution in [-0.4, -0.2) is 34.5 Å². The van der Waals surface area contributed by atoms with Crippen LogP contribution in [0.3, 0.4) is 0 Å². The number of ether oxygens (including phenoxy) is 1. The number of carbonyl (C=O) groups is 1. The highest BCUT2D eigenvalue weighted by Gasteiger charge is 2.26. The average molecular weight is 364 g/mol. The maximum absolute atomic E-state index is 12.0. The van der Waals surface area contributed by atoms with Gasteiger partial charge in [-0.25, -0.2) is 0 Å². The fourth-order valence-electron chi connectivity index (χ4n) is 2.09. The Labute approximate surface area is 149 Å². The van der Waals surface area contributed by atoms with Gasteiger partial charge in [0.25, 0.3) is 0 Å². The van der Waals surface area contributed by atoms with Gasteiger partial charge in [0, 0.05) is 6.04 Å². The minimum atomic E-state index is -0.181. The summed E-state index contributed by atoms with van der Waals surface area (Å²) in [6, 6.07) is 6.28. The van der Waals surface area contributed by atoms with Crippen LogP contribution in [0.25, 0.3) is 0 Å². The number of anilines is 2. The van der Waals surface area contributed by atoms with E-state index in [2.05, 4.69) is 20.8 Å². The molecule has 0 spiro atoms. The zero-order valence-corrected chi connectivity index (χ0v) is 15.5. The maximum atomic E-state index is 12.0. The number of carbonyl (C=O) groups excluding carboxylic acids is 1. The van der Waals surface area contributed by atoms with Crippen molar-refractivity contribution in [3.05, 3.63) is 23.8 Å². The number of rotatable bonds is 7. The molecule has 1 aromatic carbocycles. The van der Waals surface area contributed by atoms with Crippen LogP contribution in [0.2, 0.25) is 0 Å². The van der Waals surface area contributed by atoms with Gasteiger partial charge in [0.15, 0.2) is 4.34 Å². The average Bonchev–Trinajstić information content (AvgIpc) is 3.26. The predicted octanol–water partition coefficient (Wildman–Crippen LogP) is 3.36. The molecule has 2 N–H and O–H groups in total. The third-order valence-electron chi connectivity index (χ3n) is 3.57. The van der Waals surface area contributed by atoms with Crippen molar-refractivity contribution in [1.82, 2.24) is 15.5 Å². The third-order valence-corrected chi connectivity index (χ3v) is 5.60. The predicted molar refractivity (Wildman–Crippen MR) is 97.4 cm³/mol. The molecule has 3 rings (SSSR count). The summed E-state index contributed by atoms with van der Waals surface area (Å²) in [6.07, 6.45) is 2.18. The minimum absolute atomic E-state index is 0.0626. The summed E-state index contributed by atoms with van der Waals surface area (Å²) in [6.45, 7) is 3.91. The lowest BCUT2D eigenvalue weighted by molar-refractivity contribution is -0.120. The molecule has 1 aliphatic rings. The van der Waals surface area contributed by atoms with Gasteiger partial charge in [-0.15, -0.1) is 10.2 Å². The molecule has 1 atom stereocenters. The van der Waals surface area contributed by atoms with E-state index in [4.69, 9.17) is 4.74 Å². The molecule has 0 bridgehead atoms. The van der Waals surface area contributed by atoms with Crippen LogP contribution in [-0.2, 0) is 4.79 Å². The molecule has 1 fully saturated rings. The molecular formula is C16H20N4O2S2. The Kier molecular flexibility index (Phi) is 5.25. The number of nitrogens with zero attached hydrogens (tertiary/aromatic N) is 2. The lowest BCUT2D eigenvalue weighted by Crippen LogP contribution is -2.32. The van der Waals surface area contributed by atoms with E-state index in [1.54, 1.807) is 7.11 Å². The number of methoxy groups -OCH3 is 1. The Hall–Kier alpha value is -1.80. The molecule has 0 unspecified atom stereocenters. The SMILES string of the molecule is COc1ccc(C)cc1Nc1nnc(S[C@H](C)C(=O)NC2CC2)s1. The Morgan fingerprint density at radius 1 is 1.42 bits per heavy atom. The standard InChI is InChI=1S/C16H20N4O2S2/c1-9-4-7-13(22-3)12(8-9)18-15-19-20-16(24-15)23-10(2)14(21)17-11-5-6-11/h4,7-8,10-11H,5-6H2,1-3H3,(H,17,21)(H,18,19)/t10-/m1/s1. The number of nitrogens with one attached hydrogen (secondary N) is 2. The van der Waals surface area contributed by atoms with Gasteiger partial charge < -0.3 is 15.4 Å². The van der Waals surface area contributed by atoms with E-state index < -0.39 is 0 Å². The molecule has 8 heteroatoms. The van der Waals surface area contributed by atoms with Crippen molar-refractivity contribution in [3.8, 4) is 5.75 Å². The van der Waals surface area contributed by atoms with Crippen LogP contribution in [0.1, 0.15) is 25.3 Å². The molecule has 6 nitrogen and oxygen atoms in total. The van der Waals surface area contributed by atoms with Crippen molar-refractivity contribution in [1.29, 1.82) is 0 Å². The van der Waals surface area contributed by atoms with E-state index in [1.807, 2.05) is 32.0 Å². The Balaban J connectivity index is 1.63. The number of hydrogen-bond acceptors (Lipinski definition) is 7. The zero-order valence-electron chi connectivity index (χ0n) is 13.8. The highest BCUT2D eigenvalue weighted by molar-refractivity contribution is 8.02. The molecule has 0 radical (unpaired) electrons. The molecule has 1 saturated carbocycles. The molecule has 128 valence electrons. The molecule has 0 saturated heterocycles. The van der Waals surface area contributed by atoms with E-state index in [9.17, 15) is 4.79 Å². The second-order valence-electron chi connectivity index (χ2n) is 5.74. The second kappa shape index (κ2) is 7.40. The number of thioether (sulfide) groups is 1. The van der Waals surface area contributed by atoms with Crippen LogP contribution in [0.5, 0.6) is 5.75 Å². The Bertz CT molecular complexity index is 731. The van der Waals surface area contributed by atoms with Gasteiger partial charge in [-0.05, 0) is 44.4 Å². The lowest BCUT2D eigenvalue weighted by Gasteiger charge is -2.09. The number of aromatic nitrogens is 2. The van der Waals surface area contributed by atoms with E-state index in [1.165, 1.54) is 23.1 Å². The monoisotopic (exact) mass is 364 g/mol. The van der Waals surface area contributed by atoms with Crippen LogP contribution >= 0.6 is 23.1 Å². The van der Waals surface area contributed by atoms with E-state index in [0.717, 1.165) is 34.2 Å². The van der Waals surface area contributed by atoms with Crippen molar-refractivity contribution in [2.75, 3.05) is 12.4 Å². The number of aryl methyl sites for hydroxylation is 1. The molecule has 1 aliphatic carbocycles. The molecule has 1 aromatic heterocycles. The minimum Gasteiger partial charge on any atom is -0.495 e. The summed E-state index contributed by atoms with van der Waals surface area (Å²) < 4.78 is 6.12. The van der Waals surface area contributed by atoms with Gasteiger partial charge in [-0.2, -0.15) is 0 Å². The maximum Gasteiger partial charge on any atom is 0.233 e. The first kappa shape index (κ1) is 17.0. The quantitative estimate of drug-likeness (QED) is 0.734. The number of amides is 1. The number of benzene rings is 1. The van der Waals surface area contributed by atoms with Crippen LogP contribution in [0.15, 0.2) is 22.5 Å². The Morgan fingerprint density at radius 3 is 2.92 bits per heavy atom. The first-order valence-corrected chi connectivity index (χ1v) is 9.47. The fourth-order valence-corrected chi connectivity index (χ4v) is 4.01. The molecule has 0 aliphatic heterocycles. The zero-order chi connectivity index (χ0) is 17.1. The van der Waals surface area contributed by atoms with Crippen molar-refractivity contribution < 1.29 is 9.53 Å². The van der Waals surface area contributed by atoms with Crippen molar-refractivity contribution in [3.63, 3.8) is 0 Å². The second-order valence-corrected chi connectivity index (χ2v) is 8.31. The largest absolute Gasteiger partial charge is 0.495 e. The van der Waals surface area contributed by atoms with Gasteiger partial charge in [0.05, 0.1) is 18.0 Å². The summed E-state index contributed by atoms with van der Waals surface area (Å²) >= 11 is 2.85. The van der Waals surface area contributed by atoms with Crippen LogP contribution in [0, 0.1) is 6.92 Å². The molecule has 1 heterocycles. The van der Waals surface area contributed by atoms with Crippen molar-refractivity contribution >= 4 is 39.8 Å². The summed E-state index contributed by atoms with van der Waals surface area (Å²) in [5, 5.41) is 15.0. The van der Waals surface area contributed by atoms with Gasteiger partial charge in [-0.3, -0.25) is 4.79 Å². The lowest BCUT2D eigenvalue weighted by atomic mass is 10.2. The highest BCUT2D eigenvalue weighted by atomic mass is 32.2. The van der Waals surface area contributed by atoms with E-state index in [0.29, 0.717) is 11.2 Å². The third kappa shape index (κ3) is 4.39. The summed E-state index contributed by atoms with van der Waals surface area (Å²) in [5.41, 5.74) is 1.98. The number of hydrogen-bond donors (Lipinski definition) is 2.